The minimum atomic E-state index is -4.51. The van der Waals surface area contributed by atoms with Crippen LogP contribution in [0.3, 0.4) is 0 Å². The maximum atomic E-state index is 12.7. The van der Waals surface area contributed by atoms with Gasteiger partial charge in [-0.25, -0.2) is 0 Å². The lowest BCUT2D eigenvalue weighted by Gasteiger charge is -2.11. The number of halogens is 4. The van der Waals surface area contributed by atoms with E-state index >= 15 is 0 Å². The van der Waals surface area contributed by atoms with Crippen LogP contribution in [-0.2, 0) is 15.3 Å². The Kier molecular flexibility index (Phi) is 6.29. The second-order valence-corrected chi connectivity index (χ2v) is 7.90. The van der Waals surface area contributed by atoms with Crippen molar-refractivity contribution in [3.8, 4) is 0 Å². The molecule has 0 aliphatic rings. The summed E-state index contributed by atoms with van der Waals surface area (Å²) in [4.78, 5) is 11.3. The van der Waals surface area contributed by atoms with Crippen molar-refractivity contribution in [2.45, 2.75) is 22.9 Å². The summed E-state index contributed by atoms with van der Waals surface area (Å²) >= 11 is 6.95. The molecule has 0 aromatic heterocycles. The van der Waals surface area contributed by atoms with E-state index in [2.05, 4.69) is 0 Å². The molecule has 2 aromatic carbocycles. The van der Waals surface area contributed by atoms with Crippen molar-refractivity contribution in [1.29, 1.82) is 0 Å². The van der Waals surface area contributed by atoms with Gasteiger partial charge in [-0.05, 0) is 35.3 Å². The highest BCUT2D eigenvalue weighted by Gasteiger charge is 2.34. The second-order valence-electron chi connectivity index (χ2n) is 5.05. The third-order valence-electron chi connectivity index (χ3n) is 3.31. The summed E-state index contributed by atoms with van der Waals surface area (Å²) in [6, 6.07) is 5.48. The fourth-order valence-electron chi connectivity index (χ4n) is 2.04. The number of nitro benzene ring substituents is 1. The van der Waals surface area contributed by atoms with E-state index in [0.717, 1.165) is 31.0 Å². The van der Waals surface area contributed by atoms with Gasteiger partial charge in [-0.2, -0.15) is 13.2 Å². The van der Waals surface area contributed by atoms with Gasteiger partial charge in [0.2, 0.25) is 0 Å². The number of rotatable bonds is 5. The minimum Gasteiger partial charge on any atom is -0.258 e. The van der Waals surface area contributed by atoms with E-state index in [4.69, 9.17) is 16.1 Å². The third-order valence-corrected chi connectivity index (χ3v) is 6.05. The highest BCUT2D eigenvalue weighted by molar-refractivity contribution is 7.99. The number of nitrogens with zero attached hydrogens (tertiary/aromatic N) is 1. The quantitative estimate of drug-likeness (QED) is 0.348. The van der Waals surface area contributed by atoms with Crippen molar-refractivity contribution in [3.05, 3.63) is 56.6 Å². The molecule has 5 nitrogen and oxygen atoms in total. The lowest BCUT2D eigenvalue weighted by Crippen LogP contribution is -2.07. The minimum absolute atomic E-state index is 0.108. The molecule has 0 amide bonds. The number of aryl methyl sites for hydroxylation is 1. The molecule has 0 aliphatic carbocycles. The smallest absolute Gasteiger partial charge is 0.258 e. The number of alkyl halides is 3. The molecule has 0 saturated carbocycles. The van der Waals surface area contributed by atoms with Gasteiger partial charge in [0.15, 0.2) is 0 Å². The Balaban J connectivity index is 2.47. The summed E-state index contributed by atoms with van der Waals surface area (Å²) in [5, 5.41) is 10.9. The molecule has 1 unspecified atom stereocenters. The van der Waals surface area contributed by atoms with Crippen molar-refractivity contribution < 1.29 is 27.2 Å². The highest BCUT2D eigenvalue weighted by Crippen LogP contribution is 2.40. The zero-order valence-corrected chi connectivity index (χ0v) is 15.8. The number of benzene rings is 2. The zero-order chi connectivity index (χ0) is 19.6. The molecule has 0 bridgehead atoms. The van der Waals surface area contributed by atoms with Crippen LogP contribution in [0, 0.1) is 17.0 Å². The monoisotopic (exact) mass is 424 g/mol. The molecule has 26 heavy (non-hydrogen) atoms. The molecular weight excluding hydrogens is 414 g/mol. The molecule has 0 spiro atoms. The molecule has 138 valence electrons. The van der Waals surface area contributed by atoms with Gasteiger partial charge in [0, 0.05) is 21.9 Å². The summed E-state index contributed by atoms with van der Waals surface area (Å²) in [6.45, 7) is 1.59. The number of hydrogen-bond donors (Lipinski definition) is 0. The Morgan fingerprint density at radius 3 is 2.38 bits per heavy atom. The Morgan fingerprint density at radius 2 is 1.88 bits per heavy atom. The van der Waals surface area contributed by atoms with Crippen LogP contribution in [0.1, 0.15) is 11.1 Å². The van der Waals surface area contributed by atoms with E-state index in [1.807, 2.05) is 0 Å². The van der Waals surface area contributed by atoms with Crippen LogP contribution in [0.2, 0.25) is 5.02 Å². The SMILES string of the molecule is CO[P+](=O)c1cc(Sc2ccc(C(F)(F)F)cc2Cl)c(C)cc1[N+](=O)[O-]. The largest absolute Gasteiger partial charge is 0.555 e. The van der Waals surface area contributed by atoms with E-state index in [-0.39, 0.29) is 16.0 Å². The lowest BCUT2D eigenvalue weighted by molar-refractivity contribution is -0.383. The molecule has 0 N–H and O–H groups in total. The molecule has 0 aliphatic heterocycles. The first-order valence-electron chi connectivity index (χ1n) is 6.89. The highest BCUT2D eigenvalue weighted by atomic mass is 35.5. The van der Waals surface area contributed by atoms with Crippen LogP contribution in [0.15, 0.2) is 40.1 Å². The first-order chi connectivity index (χ1) is 12.0. The molecule has 0 fully saturated rings. The topological polar surface area (TPSA) is 69.4 Å². The van der Waals surface area contributed by atoms with Crippen LogP contribution in [-0.4, -0.2) is 12.0 Å². The summed E-state index contributed by atoms with van der Waals surface area (Å²) in [5.74, 6) is 0. The van der Waals surface area contributed by atoms with E-state index in [1.165, 1.54) is 18.2 Å². The molecule has 0 radical (unpaired) electrons. The molecule has 11 heteroatoms. The van der Waals surface area contributed by atoms with Crippen LogP contribution < -0.4 is 5.30 Å². The predicted molar refractivity (Wildman–Crippen MR) is 92.7 cm³/mol. The first-order valence-corrected chi connectivity index (χ1v) is 9.26. The van der Waals surface area contributed by atoms with Crippen LogP contribution in [0.4, 0.5) is 18.9 Å². The Labute approximate surface area is 156 Å². The van der Waals surface area contributed by atoms with Gasteiger partial charge in [-0.15, -0.1) is 4.52 Å². The van der Waals surface area contributed by atoms with Crippen molar-refractivity contribution in [1.82, 2.24) is 0 Å². The predicted octanol–water partition coefficient (Wildman–Crippen LogP) is 5.74. The maximum Gasteiger partial charge on any atom is 0.555 e. The van der Waals surface area contributed by atoms with E-state index in [0.29, 0.717) is 15.4 Å². The van der Waals surface area contributed by atoms with E-state index < -0.39 is 24.7 Å². The molecule has 1 atom stereocenters. The van der Waals surface area contributed by atoms with Crippen molar-refractivity contribution in [3.63, 3.8) is 0 Å². The van der Waals surface area contributed by atoms with Gasteiger partial charge < -0.3 is 0 Å². The van der Waals surface area contributed by atoms with Crippen molar-refractivity contribution >= 4 is 42.4 Å². The summed E-state index contributed by atoms with van der Waals surface area (Å²) in [6.07, 6.45) is -4.51. The Bertz CT molecular complexity index is 892. The van der Waals surface area contributed by atoms with Crippen LogP contribution in [0.25, 0.3) is 0 Å². The van der Waals surface area contributed by atoms with Gasteiger partial charge >= 0.3 is 25.2 Å². The van der Waals surface area contributed by atoms with Gasteiger partial charge in [-0.1, -0.05) is 23.4 Å². The van der Waals surface area contributed by atoms with Gasteiger partial charge in [0.05, 0.1) is 22.6 Å². The Morgan fingerprint density at radius 1 is 1.23 bits per heavy atom. The summed E-state index contributed by atoms with van der Waals surface area (Å²) in [5.41, 5.74) is -0.746. The van der Waals surface area contributed by atoms with E-state index in [9.17, 15) is 27.9 Å². The summed E-state index contributed by atoms with van der Waals surface area (Å²) < 4.78 is 54.8. The first kappa shape index (κ1) is 20.6. The average Bonchev–Trinajstić information content (AvgIpc) is 2.56. The second kappa shape index (κ2) is 7.92. The van der Waals surface area contributed by atoms with Crippen molar-refractivity contribution in [2.75, 3.05) is 7.11 Å². The Hall–Kier alpha value is -1.67. The fraction of sp³-hybridized carbons (Fsp3) is 0.200. The molecule has 0 saturated heterocycles. The van der Waals surface area contributed by atoms with Gasteiger partial charge in [0.25, 0.3) is 0 Å². The average molecular weight is 425 g/mol. The van der Waals surface area contributed by atoms with Gasteiger partial charge in [-0.3, -0.25) is 10.1 Å². The number of hydrogen-bond acceptors (Lipinski definition) is 5. The lowest BCUT2D eigenvalue weighted by atomic mass is 10.2. The standard InChI is InChI=1S/C15H11ClF3NO4PS/c1-8-5-11(20(21)22)12(25(23)24-2)7-14(8)26-13-4-3-9(6-10(13)16)15(17,18)19/h3-7H,1-2H3/q+1. The number of nitro groups is 1. The molecule has 2 rings (SSSR count). The van der Waals surface area contributed by atoms with E-state index in [1.54, 1.807) is 6.92 Å². The maximum absolute atomic E-state index is 12.7. The summed E-state index contributed by atoms with van der Waals surface area (Å²) in [7, 11) is -1.29. The van der Waals surface area contributed by atoms with Crippen molar-refractivity contribution in [2.24, 2.45) is 0 Å². The van der Waals surface area contributed by atoms with Crippen LogP contribution in [0.5, 0.6) is 0 Å². The zero-order valence-electron chi connectivity index (χ0n) is 13.3. The molecule has 2 aromatic rings. The van der Waals surface area contributed by atoms with Gasteiger partial charge in [0.1, 0.15) is 0 Å². The third kappa shape index (κ3) is 4.54. The van der Waals surface area contributed by atoms with Crippen LogP contribution >= 0.6 is 31.4 Å². The fourth-order valence-corrected chi connectivity index (χ4v) is 4.12. The normalized spacial score (nSPS) is 12.2. The molecule has 0 heterocycles. The molecular formula is C15H11ClF3NO4PS+.